The van der Waals surface area contributed by atoms with Crippen LogP contribution in [0.4, 0.5) is 0 Å². The van der Waals surface area contributed by atoms with E-state index in [0.29, 0.717) is 0 Å². The molecule has 4 aromatic rings. The highest BCUT2D eigenvalue weighted by molar-refractivity contribution is 6.17. The van der Waals surface area contributed by atoms with E-state index >= 15 is 0 Å². The summed E-state index contributed by atoms with van der Waals surface area (Å²) in [4.78, 5) is 4.56. The van der Waals surface area contributed by atoms with Gasteiger partial charge in [-0.25, -0.2) is 0 Å². The molecule has 1 aliphatic rings. The number of benzene rings is 4. The molecule has 0 aliphatic heterocycles. The zero-order valence-electron chi connectivity index (χ0n) is 24.2. The van der Waals surface area contributed by atoms with E-state index < -0.39 is 0 Å². The number of hydrogen-bond acceptors (Lipinski definition) is 1. The molecule has 0 spiro atoms. The molecule has 4 aromatic carbocycles. The van der Waals surface area contributed by atoms with Gasteiger partial charge < -0.3 is 0 Å². The molecule has 1 aliphatic carbocycles. The van der Waals surface area contributed by atoms with E-state index in [0.717, 1.165) is 17.7 Å². The maximum Gasteiger partial charge on any atom is 0.0649 e. The number of rotatable bonds is 6. The number of hydrogen-bond donors (Lipinski definition) is 0. The van der Waals surface area contributed by atoms with Gasteiger partial charge in [0.25, 0.3) is 0 Å². The van der Waals surface area contributed by atoms with Crippen LogP contribution >= 0.6 is 0 Å². The minimum atomic E-state index is 0.913. The Bertz CT molecular complexity index is 1670. The van der Waals surface area contributed by atoms with Crippen molar-refractivity contribution in [2.24, 2.45) is 4.99 Å². The molecule has 0 N–H and O–H groups in total. The van der Waals surface area contributed by atoms with Crippen molar-refractivity contribution in [2.75, 3.05) is 7.05 Å². The van der Waals surface area contributed by atoms with E-state index in [9.17, 15) is 0 Å². The van der Waals surface area contributed by atoms with Crippen LogP contribution in [0.25, 0.3) is 22.3 Å². The van der Waals surface area contributed by atoms with Crippen molar-refractivity contribution < 1.29 is 0 Å². The van der Waals surface area contributed by atoms with Crippen LogP contribution in [0, 0.1) is 6.92 Å². The lowest BCUT2D eigenvalue weighted by molar-refractivity contribution is 1.16. The van der Waals surface area contributed by atoms with Crippen molar-refractivity contribution in [3.8, 4) is 11.1 Å². The van der Waals surface area contributed by atoms with Gasteiger partial charge in [-0.1, -0.05) is 126 Å². The van der Waals surface area contributed by atoms with E-state index in [1.807, 2.05) is 13.1 Å². The number of aryl methyl sites for hydroxylation is 1. The second-order valence-corrected chi connectivity index (χ2v) is 10.7. The zero-order valence-corrected chi connectivity index (χ0v) is 24.2. The molecule has 0 heterocycles. The van der Waals surface area contributed by atoms with Crippen LogP contribution in [-0.4, -0.2) is 12.8 Å². The topological polar surface area (TPSA) is 12.4 Å². The maximum atomic E-state index is 4.56. The summed E-state index contributed by atoms with van der Waals surface area (Å²) in [6.07, 6.45) is 9.30. The highest BCUT2D eigenvalue weighted by Gasteiger charge is 2.15. The first-order valence-electron chi connectivity index (χ1n) is 14.0. The second kappa shape index (κ2) is 12.1. The Morgan fingerprint density at radius 3 is 2.08 bits per heavy atom. The first-order valence-corrected chi connectivity index (χ1v) is 14.0. The fourth-order valence-corrected chi connectivity index (χ4v) is 5.45. The van der Waals surface area contributed by atoms with Gasteiger partial charge >= 0.3 is 0 Å². The van der Waals surface area contributed by atoms with E-state index in [2.05, 4.69) is 148 Å². The lowest BCUT2D eigenvalue weighted by atomic mass is 9.88. The van der Waals surface area contributed by atoms with Gasteiger partial charge in [0, 0.05) is 12.6 Å². The van der Waals surface area contributed by atoms with Gasteiger partial charge in [-0.2, -0.15) is 0 Å². The van der Waals surface area contributed by atoms with Crippen molar-refractivity contribution >= 4 is 16.9 Å². The highest BCUT2D eigenvalue weighted by Crippen LogP contribution is 2.33. The van der Waals surface area contributed by atoms with E-state index in [1.165, 1.54) is 61.2 Å². The van der Waals surface area contributed by atoms with Gasteiger partial charge in [0.2, 0.25) is 0 Å². The van der Waals surface area contributed by atoms with Crippen LogP contribution in [0.3, 0.4) is 0 Å². The molecule has 0 amide bonds. The van der Waals surface area contributed by atoms with Gasteiger partial charge in [-0.3, -0.25) is 4.99 Å². The Morgan fingerprint density at radius 2 is 1.35 bits per heavy atom. The van der Waals surface area contributed by atoms with E-state index in [4.69, 9.17) is 0 Å². The third-order valence-corrected chi connectivity index (χ3v) is 7.69. The molecule has 0 saturated carbocycles. The summed E-state index contributed by atoms with van der Waals surface area (Å²) in [5.74, 6) is 0. The molecule has 5 rings (SSSR count). The van der Waals surface area contributed by atoms with Gasteiger partial charge in [0.1, 0.15) is 0 Å². The fraction of sp³-hybridized carbons (Fsp3) is 0.154. The molecule has 0 aromatic heterocycles. The van der Waals surface area contributed by atoms with Crippen molar-refractivity contribution in [2.45, 2.75) is 34.1 Å². The number of nitrogens with zero attached hydrogens (tertiary/aromatic N) is 1. The summed E-state index contributed by atoms with van der Waals surface area (Å²) < 4.78 is 0. The Labute approximate surface area is 239 Å². The molecule has 1 heteroatoms. The number of allylic oxidation sites excluding steroid dienone is 7. The van der Waals surface area contributed by atoms with Crippen LogP contribution in [0.15, 0.2) is 138 Å². The molecule has 0 saturated heterocycles. The second-order valence-electron chi connectivity index (χ2n) is 10.7. The predicted molar refractivity (Wildman–Crippen MR) is 174 cm³/mol. The molecular weight excluding hydrogens is 482 g/mol. The molecule has 0 fully saturated rings. The van der Waals surface area contributed by atoms with E-state index in [-0.39, 0.29) is 0 Å². The summed E-state index contributed by atoms with van der Waals surface area (Å²) in [6, 6.07) is 35.4. The smallest absolute Gasteiger partial charge is 0.0649 e. The summed E-state index contributed by atoms with van der Waals surface area (Å²) in [5, 5.41) is 0. The average Bonchev–Trinajstić information content (AvgIpc) is 2.98. The summed E-state index contributed by atoms with van der Waals surface area (Å²) in [5.41, 5.74) is 16.3. The standard InChI is InChI=1S/C39H37N/c1-27(2)29(4)36-16-10-9-15-34(36)25-30-23-28(3)24-35(26-30)31-19-21-33(22-20-31)39(32-13-7-6-8-14-32)37-17-11-12-18-38(37)40-5/h6-24,26H,25H2,1-5H3/b39-37-,40-38?. The zero-order chi connectivity index (χ0) is 28.1. The minimum Gasteiger partial charge on any atom is -0.288 e. The SMILES string of the molecule is CN=C1C=CC=C/C1=C(\c1ccccc1)c1ccc(-c2cc(C)cc(Cc3ccccc3C(C)=C(C)C)c2)cc1. The van der Waals surface area contributed by atoms with Gasteiger partial charge in [-0.15, -0.1) is 0 Å². The van der Waals surface area contributed by atoms with Crippen LogP contribution in [0.5, 0.6) is 0 Å². The first kappa shape index (κ1) is 27.1. The monoisotopic (exact) mass is 519 g/mol. The normalized spacial score (nSPS) is 14.9. The van der Waals surface area contributed by atoms with Crippen LogP contribution < -0.4 is 0 Å². The molecule has 40 heavy (non-hydrogen) atoms. The highest BCUT2D eigenvalue weighted by atomic mass is 14.7. The van der Waals surface area contributed by atoms with Crippen LogP contribution in [0.1, 0.15) is 54.2 Å². The summed E-state index contributed by atoms with van der Waals surface area (Å²) >= 11 is 0. The van der Waals surface area contributed by atoms with Crippen molar-refractivity contribution in [1.82, 2.24) is 0 Å². The third-order valence-electron chi connectivity index (χ3n) is 7.69. The molecule has 1 nitrogen and oxygen atoms in total. The van der Waals surface area contributed by atoms with Crippen LogP contribution in [0.2, 0.25) is 0 Å². The minimum absolute atomic E-state index is 0.913. The number of aliphatic imine (C=N–C) groups is 1. The Hall–Kier alpha value is -4.49. The lowest BCUT2D eigenvalue weighted by Gasteiger charge is -2.17. The van der Waals surface area contributed by atoms with Gasteiger partial charge in [-0.05, 0) is 90.3 Å². The molecule has 0 bridgehead atoms. The van der Waals surface area contributed by atoms with E-state index in [1.54, 1.807) is 0 Å². The molecule has 0 radical (unpaired) electrons. The fourth-order valence-electron chi connectivity index (χ4n) is 5.45. The summed E-state index contributed by atoms with van der Waals surface area (Å²) in [6.45, 7) is 8.81. The van der Waals surface area contributed by atoms with Crippen molar-refractivity contribution in [3.05, 3.63) is 166 Å². The Morgan fingerprint density at radius 1 is 0.675 bits per heavy atom. The molecule has 0 atom stereocenters. The largest absolute Gasteiger partial charge is 0.288 e. The lowest BCUT2D eigenvalue weighted by Crippen LogP contribution is -2.05. The van der Waals surface area contributed by atoms with Gasteiger partial charge in [0.15, 0.2) is 0 Å². The Kier molecular flexibility index (Phi) is 8.22. The Balaban J connectivity index is 1.52. The predicted octanol–water partition coefficient (Wildman–Crippen LogP) is 10.1. The first-order chi connectivity index (χ1) is 19.4. The molecule has 0 unspecified atom stereocenters. The molecule has 198 valence electrons. The van der Waals surface area contributed by atoms with Crippen molar-refractivity contribution in [3.63, 3.8) is 0 Å². The average molecular weight is 520 g/mol. The van der Waals surface area contributed by atoms with Gasteiger partial charge in [0.05, 0.1) is 5.71 Å². The molecular formula is C39H37N. The third kappa shape index (κ3) is 5.90. The van der Waals surface area contributed by atoms with Crippen LogP contribution in [-0.2, 0) is 6.42 Å². The summed E-state index contributed by atoms with van der Waals surface area (Å²) in [7, 11) is 1.86. The maximum absolute atomic E-state index is 4.56. The quantitative estimate of drug-likeness (QED) is 0.240. The van der Waals surface area contributed by atoms with Crippen molar-refractivity contribution in [1.29, 1.82) is 0 Å².